The summed E-state index contributed by atoms with van der Waals surface area (Å²) in [5.41, 5.74) is 15.6. The molecule has 10 heteroatoms. The van der Waals surface area contributed by atoms with Gasteiger partial charge < -0.3 is 14.6 Å². The van der Waals surface area contributed by atoms with Gasteiger partial charge in [0.25, 0.3) is 5.91 Å². The number of hydrazine groups is 1. The third-order valence-corrected chi connectivity index (χ3v) is 5.96. The molecule has 0 aromatic heterocycles. The molecule has 4 rings (SSSR count). The van der Waals surface area contributed by atoms with Gasteiger partial charge in [-0.15, -0.1) is 0 Å². The maximum atomic E-state index is 13.7. The van der Waals surface area contributed by atoms with E-state index in [2.05, 4.69) is 20.9 Å². The van der Waals surface area contributed by atoms with Gasteiger partial charge in [-0.25, -0.2) is 10.4 Å². The first-order chi connectivity index (χ1) is 18.1. The first kappa shape index (κ1) is 25.7. The van der Waals surface area contributed by atoms with Crippen molar-refractivity contribution in [3.63, 3.8) is 0 Å². The van der Waals surface area contributed by atoms with Gasteiger partial charge in [-0.05, 0) is 35.4 Å². The molecule has 0 unspecified atom stereocenters. The number of nitrogens with zero attached hydrogens (tertiary/aromatic N) is 4. The maximum Gasteiger partial charge on any atom is 0.266 e. The fraction of sp³-hybridized carbons (Fsp3) is 0.259. The molecule has 0 bridgehead atoms. The Bertz CT molecular complexity index is 1290. The number of amides is 1. The molecule has 0 spiro atoms. The Hall–Kier alpha value is -4.37. The summed E-state index contributed by atoms with van der Waals surface area (Å²) in [5, 5.41) is 12.8. The average molecular weight is 501 g/mol. The number of azide groups is 1. The van der Waals surface area contributed by atoms with Crippen molar-refractivity contribution >= 4 is 17.5 Å². The van der Waals surface area contributed by atoms with E-state index in [1.165, 1.54) is 0 Å². The highest BCUT2D eigenvalue weighted by Gasteiger charge is 2.53. The first-order valence-corrected chi connectivity index (χ1v) is 11.9. The zero-order valence-corrected chi connectivity index (χ0v) is 20.4. The number of nitrogens with one attached hydrogen (secondary N) is 2. The van der Waals surface area contributed by atoms with Crippen molar-refractivity contribution in [3.8, 4) is 5.75 Å². The van der Waals surface area contributed by atoms with Crippen LogP contribution < -0.4 is 15.6 Å². The van der Waals surface area contributed by atoms with Crippen LogP contribution in [0, 0.1) is 0 Å². The highest BCUT2D eigenvalue weighted by molar-refractivity contribution is 6.01. The van der Waals surface area contributed by atoms with Crippen LogP contribution >= 0.6 is 0 Å². The molecule has 0 saturated heterocycles. The molecular formula is C27H28N6O4. The van der Waals surface area contributed by atoms with E-state index in [-0.39, 0.29) is 18.9 Å². The maximum absolute atomic E-state index is 13.7. The van der Waals surface area contributed by atoms with E-state index in [9.17, 15) is 4.79 Å². The minimum absolute atomic E-state index is 0.0552. The van der Waals surface area contributed by atoms with Gasteiger partial charge in [-0.3, -0.25) is 10.2 Å². The summed E-state index contributed by atoms with van der Waals surface area (Å²) in [6.07, 6.45) is -0.104. The van der Waals surface area contributed by atoms with Crippen molar-refractivity contribution in [2.45, 2.75) is 24.5 Å². The second-order valence-electron chi connectivity index (χ2n) is 8.40. The van der Waals surface area contributed by atoms with Crippen LogP contribution in [0.4, 0.5) is 5.69 Å². The van der Waals surface area contributed by atoms with Crippen LogP contribution in [0.1, 0.15) is 29.2 Å². The van der Waals surface area contributed by atoms with Gasteiger partial charge >= 0.3 is 0 Å². The lowest BCUT2D eigenvalue weighted by atomic mass is 9.81. The predicted molar refractivity (Wildman–Crippen MR) is 139 cm³/mol. The zero-order valence-electron chi connectivity index (χ0n) is 20.4. The Morgan fingerprint density at radius 3 is 2.57 bits per heavy atom. The number of hydrogen-bond acceptors (Lipinski definition) is 7. The molecule has 3 aromatic carbocycles. The van der Waals surface area contributed by atoms with Crippen LogP contribution in [-0.4, -0.2) is 42.7 Å². The number of aliphatic imine (C=N–C) groups is 1. The van der Waals surface area contributed by atoms with Crippen LogP contribution in [0.5, 0.6) is 5.75 Å². The number of hydrogen-bond donors (Lipinski definition) is 3. The molecule has 1 amide bonds. The van der Waals surface area contributed by atoms with Crippen molar-refractivity contribution in [2.75, 3.05) is 20.3 Å². The summed E-state index contributed by atoms with van der Waals surface area (Å²) >= 11 is 0. The van der Waals surface area contributed by atoms with E-state index in [0.717, 1.165) is 5.56 Å². The number of rotatable bonds is 11. The van der Waals surface area contributed by atoms with E-state index < -0.39 is 17.6 Å². The minimum atomic E-state index is -1.41. The molecule has 3 N–H and O–H groups in total. The van der Waals surface area contributed by atoms with Crippen LogP contribution in [-0.2, 0) is 16.0 Å². The lowest BCUT2D eigenvalue weighted by Crippen LogP contribution is -2.53. The smallest absolute Gasteiger partial charge is 0.266 e. The second-order valence-corrected chi connectivity index (χ2v) is 8.40. The largest absolute Gasteiger partial charge is 0.494 e. The summed E-state index contributed by atoms with van der Waals surface area (Å²) in [6, 6.07) is 23.7. The normalized spacial score (nSPS) is 18.3. The molecule has 0 saturated carbocycles. The summed E-state index contributed by atoms with van der Waals surface area (Å²) < 4.78 is 12.0. The number of carbonyl (C=O) groups excluding carboxylic acids is 1. The molecule has 0 radical (unpaired) electrons. The van der Waals surface area contributed by atoms with Crippen molar-refractivity contribution in [2.24, 2.45) is 10.1 Å². The van der Waals surface area contributed by atoms with Crippen molar-refractivity contribution < 1.29 is 19.4 Å². The third kappa shape index (κ3) is 5.73. The van der Waals surface area contributed by atoms with E-state index in [1.54, 1.807) is 55.6 Å². The fourth-order valence-corrected chi connectivity index (χ4v) is 4.24. The number of benzene rings is 3. The molecule has 1 aliphatic heterocycles. The Morgan fingerprint density at radius 2 is 1.86 bits per heavy atom. The molecule has 0 fully saturated rings. The van der Waals surface area contributed by atoms with Gasteiger partial charge in [-0.2, -0.15) is 0 Å². The Kier molecular flexibility index (Phi) is 8.37. The summed E-state index contributed by atoms with van der Waals surface area (Å²) in [5.74, 6) is 0.535. The number of carbonyl (C=O) groups is 1. The van der Waals surface area contributed by atoms with Crippen LogP contribution in [0.15, 0.2) is 89.0 Å². The number of aliphatic hydroxyl groups excluding tert-OH is 1. The van der Waals surface area contributed by atoms with Gasteiger partial charge in [0.2, 0.25) is 5.90 Å². The topological polar surface area (TPSA) is 141 Å². The molecule has 190 valence electrons. The second kappa shape index (κ2) is 12.0. The monoisotopic (exact) mass is 500 g/mol. The molecule has 1 heterocycles. The lowest BCUT2D eigenvalue weighted by Gasteiger charge is -2.31. The fourth-order valence-electron chi connectivity index (χ4n) is 4.24. The zero-order chi connectivity index (χ0) is 26.1. The molecule has 37 heavy (non-hydrogen) atoms. The first-order valence-electron chi connectivity index (χ1n) is 11.9. The molecule has 10 nitrogen and oxygen atoms in total. The average Bonchev–Trinajstić information content (AvgIpc) is 3.31. The Balaban J connectivity index is 1.81. The van der Waals surface area contributed by atoms with Crippen molar-refractivity contribution in [1.29, 1.82) is 0 Å². The molecular weight excluding hydrogens is 472 g/mol. The van der Waals surface area contributed by atoms with Crippen LogP contribution in [0.3, 0.4) is 0 Å². The summed E-state index contributed by atoms with van der Waals surface area (Å²) in [6.45, 7) is 0.454. The number of aliphatic hydroxyl groups is 1. The standard InChI is InChI=1S/C27H28N6O4/c1-29-32-26(35)27(18-19-8-3-2-4-9-19)24(22-10-5-6-11-23(22)31-33-28)37-25(30-27)20-12-14-21(15-13-20)36-17-7-16-34/h2-6,8-15,24,29,34H,7,16-18H2,1H3,(H,32,35)/t24-,27-/m0/s1. The highest BCUT2D eigenvalue weighted by atomic mass is 16.5. The number of ether oxygens (including phenoxy) is 2. The van der Waals surface area contributed by atoms with E-state index in [4.69, 9.17) is 25.1 Å². The Labute approximate surface area is 214 Å². The molecule has 1 aliphatic rings. The SMILES string of the molecule is CNNC(=O)[C@@]1(Cc2ccccc2)N=C(c2ccc(OCCCO)cc2)O[C@H]1c1ccccc1N=[N+]=[N-]. The summed E-state index contributed by atoms with van der Waals surface area (Å²) in [7, 11) is 1.60. The van der Waals surface area contributed by atoms with Gasteiger partial charge in [0.1, 0.15) is 5.75 Å². The molecule has 2 atom stereocenters. The lowest BCUT2D eigenvalue weighted by molar-refractivity contribution is -0.129. The molecule has 3 aromatic rings. The van der Waals surface area contributed by atoms with Gasteiger partial charge in [-0.1, -0.05) is 59.7 Å². The Morgan fingerprint density at radius 1 is 1.14 bits per heavy atom. The molecule has 0 aliphatic carbocycles. The van der Waals surface area contributed by atoms with E-state index in [1.807, 2.05) is 30.3 Å². The van der Waals surface area contributed by atoms with Crippen molar-refractivity contribution in [1.82, 2.24) is 10.9 Å². The van der Waals surface area contributed by atoms with Crippen LogP contribution in [0.25, 0.3) is 10.4 Å². The van der Waals surface area contributed by atoms with Crippen molar-refractivity contribution in [3.05, 3.63) is 106 Å². The summed E-state index contributed by atoms with van der Waals surface area (Å²) in [4.78, 5) is 21.6. The quantitative estimate of drug-likeness (QED) is 0.119. The van der Waals surface area contributed by atoms with E-state index >= 15 is 0 Å². The minimum Gasteiger partial charge on any atom is -0.494 e. The van der Waals surface area contributed by atoms with E-state index in [0.29, 0.717) is 35.6 Å². The van der Waals surface area contributed by atoms with Crippen LogP contribution in [0.2, 0.25) is 0 Å². The van der Waals surface area contributed by atoms with Gasteiger partial charge in [0.15, 0.2) is 11.6 Å². The van der Waals surface area contributed by atoms with Gasteiger partial charge in [0.05, 0.1) is 6.61 Å². The highest BCUT2D eigenvalue weighted by Crippen LogP contribution is 2.45. The predicted octanol–water partition coefficient (Wildman–Crippen LogP) is 4.14. The van der Waals surface area contributed by atoms with Gasteiger partial charge in [0, 0.05) is 48.2 Å². The third-order valence-electron chi connectivity index (χ3n) is 5.96.